The molecule has 1 aromatic heterocycles. The molecule has 88 valence electrons. The summed E-state index contributed by atoms with van der Waals surface area (Å²) >= 11 is 7.29. The zero-order valence-electron chi connectivity index (χ0n) is 8.89. The highest BCUT2D eigenvalue weighted by Gasteiger charge is 2.10. The predicted octanol–water partition coefficient (Wildman–Crippen LogP) is 3.72. The maximum Gasteiger partial charge on any atom is 0.279 e. The zero-order valence-corrected chi connectivity index (χ0v) is 10.5. The molecule has 0 spiro atoms. The number of nitrogens with zero attached hydrogens (tertiary/aromatic N) is 1. The number of aromatic nitrogens is 1. The maximum absolute atomic E-state index is 9.10. The average Bonchev–Trinajstić information content (AvgIpc) is 2.74. The van der Waals surface area contributed by atoms with Crippen molar-refractivity contribution in [2.24, 2.45) is 0 Å². The van der Waals surface area contributed by atoms with Crippen molar-refractivity contribution in [3.05, 3.63) is 46.4 Å². The van der Waals surface area contributed by atoms with Gasteiger partial charge in [-0.25, -0.2) is 4.98 Å². The fourth-order valence-electron chi connectivity index (χ4n) is 1.28. The second kappa shape index (κ2) is 5.31. The van der Waals surface area contributed by atoms with E-state index >= 15 is 0 Å². The molecule has 1 aromatic carbocycles. The topological polar surface area (TPSA) is 42.4 Å². The van der Waals surface area contributed by atoms with E-state index in [1.54, 1.807) is 18.2 Å². The molecule has 0 aliphatic carbocycles. The molecule has 2 rings (SSSR count). The number of benzene rings is 1. The van der Waals surface area contributed by atoms with Crippen molar-refractivity contribution in [2.45, 2.75) is 6.61 Å². The van der Waals surface area contributed by atoms with Crippen molar-refractivity contribution in [2.75, 3.05) is 0 Å². The molecule has 0 amide bonds. The summed E-state index contributed by atoms with van der Waals surface area (Å²) < 4.78 is 5.55. The third-order valence-corrected chi connectivity index (χ3v) is 3.36. The average molecular weight is 268 g/mol. The van der Waals surface area contributed by atoms with Crippen LogP contribution in [0.2, 0.25) is 5.02 Å². The number of hydrogen-bond donors (Lipinski definition) is 1. The first kappa shape index (κ1) is 12.1. The Morgan fingerprint density at radius 3 is 2.82 bits per heavy atom. The molecular weight excluding hydrogens is 258 g/mol. The maximum atomic E-state index is 9.10. The van der Waals surface area contributed by atoms with Gasteiger partial charge in [0.25, 0.3) is 5.19 Å². The lowest BCUT2D eigenvalue weighted by Gasteiger charge is -2.02. The number of ether oxygens (including phenoxy) is 1. The number of aliphatic hydroxyl groups is 1. The monoisotopic (exact) mass is 267 g/mol. The van der Waals surface area contributed by atoms with Gasteiger partial charge in [0.2, 0.25) is 0 Å². The summed E-state index contributed by atoms with van der Waals surface area (Å²) in [5, 5.41) is 10.1. The molecule has 0 unspecified atom stereocenters. The van der Waals surface area contributed by atoms with Gasteiger partial charge in [0.15, 0.2) is 0 Å². The number of thiazole rings is 1. The van der Waals surface area contributed by atoms with Crippen LogP contribution in [0.4, 0.5) is 0 Å². The van der Waals surface area contributed by atoms with E-state index in [2.05, 4.69) is 11.6 Å². The Morgan fingerprint density at radius 1 is 1.47 bits per heavy atom. The lowest BCUT2D eigenvalue weighted by Crippen LogP contribution is -1.87. The van der Waals surface area contributed by atoms with Crippen molar-refractivity contribution < 1.29 is 9.84 Å². The number of hydrogen-bond acceptors (Lipinski definition) is 4. The van der Waals surface area contributed by atoms with Crippen molar-refractivity contribution in [3.63, 3.8) is 0 Å². The highest BCUT2D eigenvalue weighted by Crippen LogP contribution is 2.33. The molecule has 0 aliphatic rings. The van der Waals surface area contributed by atoms with Gasteiger partial charge >= 0.3 is 0 Å². The summed E-state index contributed by atoms with van der Waals surface area (Å²) in [4.78, 5) is 4.95. The third-order valence-electron chi connectivity index (χ3n) is 2.08. The van der Waals surface area contributed by atoms with Gasteiger partial charge in [-0.3, -0.25) is 0 Å². The summed E-state index contributed by atoms with van der Waals surface area (Å²) in [5.74, 6) is 0.544. The van der Waals surface area contributed by atoms with E-state index in [1.165, 1.54) is 11.3 Å². The van der Waals surface area contributed by atoms with E-state index in [-0.39, 0.29) is 6.61 Å². The molecule has 2 aromatic rings. The molecule has 0 atom stereocenters. The third kappa shape index (κ3) is 2.66. The van der Waals surface area contributed by atoms with Gasteiger partial charge in [0.1, 0.15) is 5.75 Å². The Labute approximate surface area is 108 Å². The fraction of sp³-hybridized carbons (Fsp3) is 0.0833. The Hall–Kier alpha value is -1.36. The summed E-state index contributed by atoms with van der Waals surface area (Å²) in [6.07, 6.45) is 1.64. The van der Waals surface area contributed by atoms with Crippen LogP contribution in [0.3, 0.4) is 0 Å². The lowest BCUT2D eigenvalue weighted by atomic mass is 10.3. The molecule has 0 saturated carbocycles. The van der Waals surface area contributed by atoms with Crippen LogP contribution in [0.5, 0.6) is 10.9 Å². The number of rotatable bonds is 4. The van der Waals surface area contributed by atoms with E-state index < -0.39 is 0 Å². The zero-order chi connectivity index (χ0) is 12.3. The minimum Gasteiger partial charge on any atom is -0.429 e. The van der Waals surface area contributed by atoms with Crippen LogP contribution in [-0.4, -0.2) is 10.1 Å². The highest BCUT2D eigenvalue weighted by molar-refractivity contribution is 7.14. The summed E-state index contributed by atoms with van der Waals surface area (Å²) in [6.45, 7) is 3.52. The lowest BCUT2D eigenvalue weighted by molar-refractivity contribution is 0.276. The molecule has 0 fully saturated rings. The standard InChI is InChI=1S/C12H10ClNO2S/c1-2-11-9(7-15)14-12(17-11)16-10-6-4-3-5-8(10)13/h2-6,15H,1,7H2. The molecule has 0 saturated heterocycles. The highest BCUT2D eigenvalue weighted by atomic mass is 35.5. The van der Waals surface area contributed by atoms with E-state index in [0.717, 1.165) is 4.88 Å². The van der Waals surface area contributed by atoms with Gasteiger partial charge < -0.3 is 9.84 Å². The second-order valence-corrected chi connectivity index (χ2v) is 4.59. The van der Waals surface area contributed by atoms with Crippen LogP contribution < -0.4 is 4.74 Å². The SMILES string of the molecule is C=Cc1sc(Oc2ccccc2Cl)nc1CO. The summed E-state index contributed by atoms with van der Waals surface area (Å²) in [6, 6.07) is 7.16. The van der Waals surface area contributed by atoms with Crippen molar-refractivity contribution >= 4 is 29.0 Å². The summed E-state index contributed by atoms with van der Waals surface area (Å²) in [7, 11) is 0. The van der Waals surface area contributed by atoms with Gasteiger partial charge in [-0.15, -0.1) is 0 Å². The van der Waals surface area contributed by atoms with Gasteiger partial charge in [-0.1, -0.05) is 47.7 Å². The number of aliphatic hydroxyl groups excluding tert-OH is 1. The van der Waals surface area contributed by atoms with Crippen molar-refractivity contribution in [1.82, 2.24) is 4.98 Å². The normalized spacial score (nSPS) is 10.2. The van der Waals surface area contributed by atoms with E-state index in [0.29, 0.717) is 21.7 Å². The van der Waals surface area contributed by atoms with Crippen molar-refractivity contribution in [1.29, 1.82) is 0 Å². The van der Waals surface area contributed by atoms with Gasteiger partial charge in [0, 0.05) is 0 Å². The van der Waals surface area contributed by atoms with Crippen LogP contribution in [0.25, 0.3) is 6.08 Å². The van der Waals surface area contributed by atoms with Crippen LogP contribution in [-0.2, 0) is 6.61 Å². The smallest absolute Gasteiger partial charge is 0.279 e. The Bertz CT molecular complexity index is 539. The predicted molar refractivity (Wildman–Crippen MR) is 69.7 cm³/mol. The molecule has 3 nitrogen and oxygen atoms in total. The minimum absolute atomic E-state index is 0.135. The van der Waals surface area contributed by atoms with Crippen LogP contribution in [0.1, 0.15) is 10.6 Å². The van der Waals surface area contributed by atoms with Gasteiger partial charge in [-0.2, -0.15) is 0 Å². The molecule has 0 bridgehead atoms. The molecule has 17 heavy (non-hydrogen) atoms. The first-order chi connectivity index (χ1) is 8.24. The first-order valence-corrected chi connectivity index (χ1v) is 6.09. The molecule has 0 aliphatic heterocycles. The van der Waals surface area contributed by atoms with Gasteiger partial charge in [-0.05, 0) is 12.1 Å². The van der Waals surface area contributed by atoms with E-state index in [4.69, 9.17) is 21.4 Å². The Morgan fingerprint density at radius 2 is 2.24 bits per heavy atom. The van der Waals surface area contributed by atoms with Crippen LogP contribution in [0, 0.1) is 0 Å². The quantitative estimate of drug-likeness (QED) is 0.918. The van der Waals surface area contributed by atoms with Crippen LogP contribution >= 0.6 is 22.9 Å². The Kier molecular flexibility index (Phi) is 3.78. The molecular formula is C12H10ClNO2S. The molecule has 1 N–H and O–H groups in total. The second-order valence-electron chi connectivity index (χ2n) is 3.19. The largest absolute Gasteiger partial charge is 0.429 e. The number of para-hydroxylation sites is 1. The van der Waals surface area contributed by atoms with Crippen LogP contribution in [0.15, 0.2) is 30.8 Å². The molecule has 5 heteroatoms. The molecule has 0 radical (unpaired) electrons. The first-order valence-electron chi connectivity index (χ1n) is 4.90. The minimum atomic E-state index is -0.135. The number of halogens is 1. The van der Waals surface area contributed by atoms with Crippen molar-refractivity contribution in [3.8, 4) is 10.9 Å². The van der Waals surface area contributed by atoms with E-state index in [1.807, 2.05) is 12.1 Å². The summed E-state index contributed by atoms with van der Waals surface area (Å²) in [5.41, 5.74) is 0.562. The fourth-order valence-corrected chi connectivity index (χ4v) is 2.24. The Balaban J connectivity index is 2.27. The van der Waals surface area contributed by atoms with Gasteiger partial charge in [0.05, 0.1) is 22.2 Å². The molecule has 1 heterocycles. The van der Waals surface area contributed by atoms with E-state index in [9.17, 15) is 0 Å².